The first-order valence-electron chi connectivity index (χ1n) is 11.4. The number of hydrogen-bond donors (Lipinski definition) is 1. The third kappa shape index (κ3) is 4.51. The molecule has 2 aromatic carbocycles. The fourth-order valence-corrected chi connectivity index (χ4v) is 5.03. The maximum absolute atomic E-state index is 12.9. The van der Waals surface area contributed by atoms with Gasteiger partial charge in [0.05, 0.1) is 10.3 Å². The number of sulfone groups is 1. The highest BCUT2D eigenvalue weighted by molar-refractivity contribution is 7.90. The van der Waals surface area contributed by atoms with Gasteiger partial charge in [0.2, 0.25) is 5.91 Å². The fraction of sp³-hybridized carbons (Fsp3) is 0.269. The van der Waals surface area contributed by atoms with E-state index in [0.29, 0.717) is 19.6 Å². The number of anilines is 1. The van der Waals surface area contributed by atoms with E-state index in [4.69, 9.17) is 0 Å². The molecule has 1 fully saturated rings. The number of benzene rings is 2. The Morgan fingerprint density at radius 3 is 2.40 bits per heavy atom. The second kappa shape index (κ2) is 8.49. The first kappa shape index (κ1) is 23.0. The number of carbonyl (C=O) groups excluding carboxylic acids is 1. The molecule has 0 saturated carbocycles. The van der Waals surface area contributed by atoms with E-state index in [0.717, 1.165) is 28.0 Å². The van der Waals surface area contributed by atoms with Gasteiger partial charge in [-0.1, -0.05) is 42.0 Å². The number of aromatic nitrogens is 3. The van der Waals surface area contributed by atoms with E-state index in [1.807, 2.05) is 50.4 Å². The van der Waals surface area contributed by atoms with Crippen molar-refractivity contribution in [3.63, 3.8) is 0 Å². The normalized spacial score (nSPS) is 15.1. The van der Waals surface area contributed by atoms with Crippen molar-refractivity contribution in [1.29, 1.82) is 0 Å². The summed E-state index contributed by atoms with van der Waals surface area (Å²) < 4.78 is 25.3. The monoisotopic (exact) mass is 489 g/mol. The maximum atomic E-state index is 12.9. The first-order valence-corrected chi connectivity index (χ1v) is 13.2. The molecule has 9 heteroatoms. The van der Waals surface area contributed by atoms with Crippen molar-refractivity contribution in [3.8, 4) is 11.1 Å². The standard InChI is InChI=1S/C26H27N5O3S/c1-18-4-6-19(7-5-18)13-27-25(32)26(2)15-30(16-26)24-23-12-21(14-31(23)29-17-28-24)20-8-10-22(11-9-20)35(3,33)34/h4-12,14,17H,13,15-16H2,1-3H3,(H,27,32). The largest absolute Gasteiger partial charge is 0.352 e. The van der Waals surface area contributed by atoms with Crippen molar-refractivity contribution in [2.75, 3.05) is 24.2 Å². The Morgan fingerprint density at radius 2 is 1.74 bits per heavy atom. The van der Waals surface area contributed by atoms with Gasteiger partial charge in [-0.3, -0.25) is 4.79 Å². The zero-order chi connectivity index (χ0) is 24.8. The number of amides is 1. The summed E-state index contributed by atoms with van der Waals surface area (Å²) in [5.74, 6) is 0.796. The van der Waals surface area contributed by atoms with Crippen LogP contribution in [0.1, 0.15) is 18.1 Å². The van der Waals surface area contributed by atoms with Gasteiger partial charge in [0.25, 0.3) is 0 Å². The molecule has 2 aromatic heterocycles. The Morgan fingerprint density at radius 1 is 1.06 bits per heavy atom. The smallest absolute Gasteiger partial charge is 0.229 e. The van der Waals surface area contributed by atoms with Crippen molar-refractivity contribution in [2.24, 2.45) is 5.41 Å². The van der Waals surface area contributed by atoms with Crippen molar-refractivity contribution in [1.82, 2.24) is 19.9 Å². The Balaban J connectivity index is 1.30. The molecule has 0 radical (unpaired) electrons. The molecular formula is C26H27N5O3S. The molecule has 35 heavy (non-hydrogen) atoms. The number of carbonyl (C=O) groups is 1. The minimum absolute atomic E-state index is 0.0291. The van der Waals surface area contributed by atoms with Gasteiger partial charge in [-0.15, -0.1) is 0 Å². The molecule has 5 rings (SSSR count). The molecule has 0 bridgehead atoms. The van der Waals surface area contributed by atoms with E-state index in [-0.39, 0.29) is 10.8 Å². The predicted octanol–water partition coefficient (Wildman–Crippen LogP) is 3.25. The summed E-state index contributed by atoms with van der Waals surface area (Å²) >= 11 is 0. The van der Waals surface area contributed by atoms with Gasteiger partial charge in [0, 0.05) is 37.7 Å². The molecular weight excluding hydrogens is 462 g/mol. The number of fused-ring (bicyclic) bond motifs is 1. The zero-order valence-corrected chi connectivity index (χ0v) is 20.7. The molecule has 8 nitrogen and oxygen atoms in total. The van der Waals surface area contributed by atoms with E-state index in [1.54, 1.807) is 28.8 Å². The molecule has 0 spiro atoms. The summed E-state index contributed by atoms with van der Waals surface area (Å²) in [5.41, 5.74) is 4.40. The van der Waals surface area contributed by atoms with Gasteiger partial charge in [0.15, 0.2) is 15.7 Å². The maximum Gasteiger partial charge on any atom is 0.229 e. The van der Waals surface area contributed by atoms with Crippen LogP contribution in [-0.2, 0) is 21.2 Å². The van der Waals surface area contributed by atoms with Crippen LogP contribution in [0.2, 0.25) is 0 Å². The van der Waals surface area contributed by atoms with Crippen LogP contribution in [0, 0.1) is 12.3 Å². The average Bonchev–Trinajstić information content (AvgIpc) is 3.26. The highest BCUT2D eigenvalue weighted by atomic mass is 32.2. The summed E-state index contributed by atoms with van der Waals surface area (Å²) in [6.07, 6.45) is 4.59. The van der Waals surface area contributed by atoms with E-state index >= 15 is 0 Å². The summed E-state index contributed by atoms with van der Waals surface area (Å²) in [4.78, 5) is 19.8. The van der Waals surface area contributed by atoms with Crippen LogP contribution in [0.3, 0.4) is 0 Å². The molecule has 1 aliphatic heterocycles. The van der Waals surface area contributed by atoms with Gasteiger partial charge in [0.1, 0.15) is 11.8 Å². The van der Waals surface area contributed by atoms with Gasteiger partial charge < -0.3 is 10.2 Å². The van der Waals surface area contributed by atoms with Crippen LogP contribution in [0.4, 0.5) is 5.82 Å². The molecule has 180 valence electrons. The number of nitrogens with one attached hydrogen (secondary N) is 1. The number of hydrogen-bond acceptors (Lipinski definition) is 6. The van der Waals surface area contributed by atoms with Crippen LogP contribution in [-0.4, -0.2) is 48.3 Å². The van der Waals surface area contributed by atoms with Gasteiger partial charge in [-0.25, -0.2) is 17.9 Å². The molecule has 3 heterocycles. The molecule has 4 aromatic rings. The van der Waals surface area contributed by atoms with E-state index in [2.05, 4.69) is 20.3 Å². The van der Waals surface area contributed by atoms with Gasteiger partial charge in [-0.05, 0) is 43.2 Å². The Labute approximate surface area is 204 Å². The highest BCUT2D eigenvalue weighted by Gasteiger charge is 2.46. The van der Waals surface area contributed by atoms with Crippen molar-refractivity contribution in [3.05, 3.63) is 78.2 Å². The molecule has 0 atom stereocenters. The minimum atomic E-state index is -3.25. The van der Waals surface area contributed by atoms with E-state index in [9.17, 15) is 13.2 Å². The summed E-state index contributed by atoms with van der Waals surface area (Å²) in [6.45, 7) is 5.64. The lowest BCUT2D eigenvalue weighted by Crippen LogP contribution is -2.62. The lowest BCUT2D eigenvalue weighted by molar-refractivity contribution is -0.131. The second-order valence-electron chi connectivity index (χ2n) is 9.52. The highest BCUT2D eigenvalue weighted by Crippen LogP contribution is 2.36. The number of rotatable bonds is 6. The van der Waals surface area contributed by atoms with Gasteiger partial charge in [-0.2, -0.15) is 5.10 Å². The number of nitrogens with zero attached hydrogens (tertiary/aromatic N) is 4. The van der Waals surface area contributed by atoms with Crippen molar-refractivity contribution >= 4 is 27.1 Å². The first-order chi connectivity index (χ1) is 16.6. The Hall–Kier alpha value is -3.72. The van der Waals surface area contributed by atoms with Crippen LogP contribution >= 0.6 is 0 Å². The topological polar surface area (TPSA) is 96.7 Å². The zero-order valence-electron chi connectivity index (χ0n) is 19.9. The van der Waals surface area contributed by atoms with Crippen LogP contribution in [0.25, 0.3) is 16.6 Å². The lowest BCUT2D eigenvalue weighted by atomic mass is 9.81. The van der Waals surface area contributed by atoms with Crippen molar-refractivity contribution < 1.29 is 13.2 Å². The molecule has 1 amide bonds. The molecule has 1 saturated heterocycles. The van der Waals surface area contributed by atoms with Crippen LogP contribution in [0.15, 0.2) is 72.0 Å². The summed E-state index contributed by atoms with van der Waals surface area (Å²) in [5, 5.41) is 7.39. The average molecular weight is 490 g/mol. The fourth-order valence-electron chi connectivity index (χ4n) is 4.40. The number of aryl methyl sites for hydroxylation is 1. The molecule has 1 N–H and O–H groups in total. The third-order valence-electron chi connectivity index (χ3n) is 6.50. The molecule has 0 unspecified atom stereocenters. The van der Waals surface area contributed by atoms with E-state index in [1.165, 1.54) is 18.1 Å². The van der Waals surface area contributed by atoms with Crippen molar-refractivity contribution in [2.45, 2.75) is 25.3 Å². The minimum Gasteiger partial charge on any atom is -0.352 e. The lowest BCUT2D eigenvalue weighted by Gasteiger charge is -2.47. The quantitative estimate of drug-likeness (QED) is 0.447. The second-order valence-corrected chi connectivity index (χ2v) is 11.5. The van der Waals surface area contributed by atoms with Crippen LogP contribution < -0.4 is 10.2 Å². The molecule has 0 aliphatic carbocycles. The Kier molecular flexibility index (Phi) is 5.59. The Bertz CT molecular complexity index is 1500. The van der Waals surface area contributed by atoms with Gasteiger partial charge >= 0.3 is 0 Å². The third-order valence-corrected chi connectivity index (χ3v) is 7.63. The van der Waals surface area contributed by atoms with E-state index < -0.39 is 15.3 Å². The van der Waals surface area contributed by atoms with Crippen LogP contribution in [0.5, 0.6) is 0 Å². The summed E-state index contributed by atoms with van der Waals surface area (Å²) in [7, 11) is -3.25. The molecule has 1 aliphatic rings. The predicted molar refractivity (Wildman–Crippen MR) is 135 cm³/mol. The summed E-state index contributed by atoms with van der Waals surface area (Å²) in [6, 6.07) is 16.9. The SMILES string of the molecule is Cc1ccc(CNC(=O)C2(C)CN(c3ncnn4cc(-c5ccc(S(C)(=O)=O)cc5)cc34)C2)cc1.